The second kappa shape index (κ2) is 5.41. The Balaban J connectivity index is 2.52. The molecule has 15 heavy (non-hydrogen) atoms. The number of carbonyl (C=O) groups is 1. The average molecular weight is 227 g/mol. The van der Waals surface area contributed by atoms with E-state index >= 15 is 0 Å². The highest BCUT2D eigenvalue weighted by Crippen LogP contribution is 2.10. The summed E-state index contributed by atoms with van der Waals surface area (Å²) in [6.07, 6.45) is 0. The highest BCUT2D eigenvalue weighted by molar-refractivity contribution is 6.41. The van der Waals surface area contributed by atoms with Crippen LogP contribution in [0.2, 0.25) is 0 Å². The molecule has 0 fully saturated rings. The second-order valence-corrected chi connectivity index (χ2v) is 3.34. The van der Waals surface area contributed by atoms with Gasteiger partial charge < -0.3 is 9.84 Å². The number of halogens is 1. The van der Waals surface area contributed by atoms with Crippen molar-refractivity contribution in [1.82, 2.24) is 0 Å². The van der Waals surface area contributed by atoms with Crippen molar-refractivity contribution in [2.45, 2.75) is 13.5 Å². The highest BCUT2D eigenvalue weighted by atomic mass is 35.5. The Morgan fingerprint density at radius 1 is 1.40 bits per heavy atom. The van der Waals surface area contributed by atoms with E-state index in [9.17, 15) is 4.79 Å². The van der Waals surface area contributed by atoms with E-state index in [-0.39, 0.29) is 17.4 Å². The van der Waals surface area contributed by atoms with Gasteiger partial charge in [-0.25, -0.2) is 4.79 Å². The molecule has 1 N–H and O–H groups in total. The maximum absolute atomic E-state index is 11.2. The number of aliphatic hydroxyl groups excluding tert-OH is 1. The molecule has 4 heteroatoms. The molecular weight excluding hydrogens is 216 g/mol. The molecule has 0 aromatic heterocycles. The van der Waals surface area contributed by atoms with E-state index in [1.54, 1.807) is 0 Å². The maximum atomic E-state index is 11.2. The molecular formula is C11H11ClO3. The second-order valence-electron chi connectivity index (χ2n) is 2.96. The van der Waals surface area contributed by atoms with Crippen LogP contribution in [0.5, 0.6) is 0 Å². The van der Waals surface area contributed by atoms with Gasteiger partial charge in [-0.1, -0.05) is 41.9 Å². The molecule has 1 aromatic carbocycles. The lowest BCUT2D eigenvalue weighted by Gasteiger charge is -2.04. The molecule has 0 aliphatic heterocycles. The van der Waals surface area contributed by atoms with Crippen molar-refractivity contribution in [2.75, 3.05) is 0 Å². The van der Waals surface area contributed by atoms with Gasteiger partial charge in [0.1, 0.15) is 12.4 Å². The third-order valence-corrected chi connectivity index (χ3v) is 2.14. The first-order chi connectivity index (χ1) is 7.11. The third kappa shape index (κ3) is 3.64. The van der Waals surface area contributed by atoms with Crippen molar-refractivity contribution >= 4 is 17.6 Å². The SMILES string of the molecule is C/C(O)=C(\Cl)C(=O)OCc1ccccc1. The Kier molecular flexibility index (Phi) is 4.18. The topological polar surface area (TPSA) is 46.5 Å². The molecule has 0 aliphatic rings. The quantitative estimate of drug-likeness (QED) is 0.490. The molecule has 0 aliphatic carbocycles. The van der Waals surface area contributed by atoms with Crippen LogP contribution in [-0.4, -0.2) is 11.1 Å². The van der Waals surface area contributed by atoms with Gasteiger partial charge >= 0.3 is 5.97 Å². The van der Waals surface area contributed by atoms with Crippen LogP contribution in [0.15, 0.2) is 41.1 Å². The van der Waals surface area contributed by atoms with Crippen LogP contribution in [0.1, 0.15) is 12.5 Å². The van der Waals surface area contributed by atoms with Crippen LogP contribution in [0.3, 0.4) is 0 Å². The van der Waals surface area contributed by atoms with Crippen LogP contribution in [0.25, 0.3) is 0 Å². The Morgan fingerprint density at radius 2 is 2.00 bits per heavy atom. The van der Waals surface area contributed by atoms with Gasteiger partial charge in [0.05, 0.1) is 0 Å². The first kappa shape index (κ1) is 11.6. The Bertz CT molecular complexity index is 367. The molecule has 3 nitrogen and oxygen atoms in total. The van der Waals surface area contributed by atoms with E-state index in [1.165, 1.54) is 6.92 Å². The van der Waals surface area contributed by atoms with E-state index in [2.05, 4.69) is 0 Å². The van der Waals surface area contributed by atoms with E-state index < -0.39 is 5.97 Å². The van der Waals surface area contributed by atoms with Gasteiger partial charge in [-0.05, 0) is 12.5 Å². The van der Waals surface area contributed by atoms with E-state index in [1.807, 2.05) is 30.3 Å². The molecule has 80 valence electrons. The maximum Gasteiger partial charge on any atom is 0.353 e. The first-order valence-electron chi connectivity index (χ1n) is 4.37. The van der Waals surface area contributed by atoms with Crippen molar-refractivity contribution in [3.63, 3.8) is 0 Å². The fraction of sp³-hybridized carbons (Fsp3) is 0.182. The molecule has 0 unspecified atom stereocenters. The van der Waals surface area contributed by atoms with Gasteiger partial charge in [-0.3, -0.25) is 0 Å². The number of ether oxygens (including phenoxy) is 1. The summed E-state index contributed by atoms with van der Waals surface area (Å²) in [6, 6.07) is 9.22. The number of hydrogen-bond acceptors (Lipinski definition) is 3. The fourth-order valence-corrected chi connectivity index (χ4v) is 0.989. The number of carbonyl (C=O) groups excluding carboxylic acids is 1. The minimum atomic E-state index is -0.722. The van der Waals surface area contributed by atoms with Crippen molar-refractivity contribution in [3.05, 3.63) is 46.7 Å². The molecule has 1 aromatic rings. The lowest BCUT2D eigenvalue weighted by Crippen LogP contribution is -2.06. The molecule has 0 radical (unpaired) electrons. The number of rotatable bonds is 3. The summed E-state index contributed by atoms with van der Waals surface area (Å²) in [5.41, 5.74) is 0.867. The third-order valence-electron chi connectivity index (χ3n) is 1.71. The zero-order valence-electron chi connectivity index (χ0n) is 8.24. The number of esters is 1. The van der Waals surface area contributed by atoms with Crippen molar-refractivity contribution in [1.29, 1.82) is 0 Å². The van der Waals surface area contributed by atoms with Crippen LogP contribution < -0.4 is 0 Å². The molecule has 1 rings (SSSR count). The number of hydrogen-bond donors (Lipinski definition) is 1. The monoisotopic (exact) mass is 226 g/mol. The Hall–Kier alpha value is -1.48. The summed E-state index contributed by atoms with van der Waals surface area (Å²) in [5.74, 6) is -0.963. The minimum absolute atomic E-state index is 0.142. The largest absolute Gasteiger partial charge is 0.511 e. The minimum Gasteiger partial charge on any atom is -0.511 e. The molecule has 0 spiro atoms. The van der Waals surface area contributed by atoms with Crippen LogP contribution >= 0.6 is 11.6 Å². The average Bonchev–Trinajstić information content (AvgIpc) is 2.26. The summed E-state index contributed by atoms with van der Waals surface area (Å²) in [5, 5.41) is 8.65. The van der Waals surface area contributed by atoms with E-state index in [0.29, 0.717) is 0 Å². The normalized spacial score (nSPS) is 11.9. The van der Waals surface area contributed by atoms with Gasteiger partial charge in [0.15, 0.2) is 5.03 Å². The van der Waals surface area contributed by atoms with E-state index in [0.717, 1.165) is 5.56 Å². The highest BCUT2D eigenvalue weighted by Gasteiger charge is 2.11. The molecule has 0 saturated carbocycles. The van der Waals surface area contributed by atoms with Gasteiger partial charge in [-0.2, -0.15) is 0 Å². The standard InChI is InChI=1S/C11H11ClO3/c1-8(13)10(12)11(14)15-7-9-5-3-2-4-6-9/h2-6,13H,7H2,1H3/b10-8+. The lowest BCUT2D eigenvalue weighted by atomic mass is 10.2. The summed E-state index contributed by atoms with van der Waals surface area (Å²) in [7, 11) is 0. The van der Waals surface area contributed by atoms with Gasteiger partial charge in [0.25, 0.3) is 0 Å². The van der Waals surface area contributed by atoms with Gasteiger partial charge in [-0.15, -0.1) is 0 Å². The summed E-state index contributed by atoms with van der Waals surface area (Å²) >= 11 is 5.49. The predicted octanol–water partition coefficient (Wildman–Crippen LogP) is 2.76. The lowest BCUT2D eigenvalue weighted by molar-refractivity contribution is -0.139. The van der Waals surface area contributed by atoms with Crippen molar-refractivity contribution < 1.29 is 14.6 Å². The Morgan fingerprint density at radius 3 is 2.53 bits per heavy atom. The number of allylic oxidation sites excluding steroid dienone is 1. The number of aliphatic hydroxyl groups is 1. The van der Waals surface area contributed by atoms with Crippen LogP contribution in [-0.2, 0) is 16.1 Å². The molecule has 0 saturated heterocycles. The number of benzene rings is 1. The fourth-order valence-electron chi connectivity index (χ4n) is 0.934. The van der Waals surface area contributed by atoms with Gasteiger partial charge in [0.2, 0.25) is 0 Å². The van der Waals surface area contributed by atoms with Crippen LogP contribution in [0, 0.1) is 0 Å². The first-order valence-corrected chi connectivity index (χ1v) is 4.75. The van der Waals surface area contributed by atoms with E-state index in [4.69, 9.17) is 21.4 Å². The smallest absolute Gasteiger partial charge is 0.353 e. The Labute approximate surface area is 92.9 Å². The van der Waals surface area contributed by atoms with Crippen LogP contribution in [0.4, 0.5) is 0 Å². The summed E-state index contributed by atoms with van der Waals surface area (Å²) in [6.45, 7) is 1.47. The van der Waals surface area contributed by atoms with Crippen molar-refractivity contribution in [3.8, 4) is 0 Å². The van der Waals surface area contributed by atoms with Crippen molar-refractivity contribution in [2.24, 2.45) is 0 Å². The zero-order valence-corrected chi connectivity index (χ0v) is 8.99. The molecule has 0 atom stereocenters. The molecule has 0 bridgehead atoms. The molecule has 0 amide bonds. The molecule has 0 heterocycles. The predicted molar refractivity (Wildman–Crippen MR) is 57.4 cm³/mol. The summed E-state index contributed by atoms with van der Waals surface area (Å²) < 4.78 is 4.86. The summed E-state index contributed by atoms with van der Waals surface area (Å²) in [4.78, 5) is 11.2. The zero-order chi connectivity index (χ0) is 11.3. The van der Waals surface area contributed by atoms with Gasteiger partial charge in [0, 0.05) is 0 Å².